The van der Waals surface area contributed by atoms with Crippen LogP contribution in [0.15, 0.2) is 84.9 Å². The molecule has 31 nitrogen and oxygen atoms in total. The number of halogens is 15. The quantitative estimate of drug-likeness (QED) is 0.0631. The summed E-state index contributed by atoms with van der Waals surface area (Å²) in [5, 5.41) is 36.5. The van der Waals surface area contributed by atoms with Crippen molar-refractivity contribution in [2.24, 2.45) is 5.92 Å². The molecule has 150 heavy (non-hydrogen) atoms. The van der Waals surface area contributed by atoms with Crippen LogP contribution in [0.3, 0.4) is 0 Å². The second-order valence-corrected chi connectivity index (χ2v) is 45.1. The minimum atomic E-state index is -4.94. The number of aromatic amines is 5. The fourth-order valence-corrected chi connectivity index (χ4v) is 24.3. The second kappa shape index (κ2) is 45.7. The SMILES string of the molecule is CC(=O)N1CCc2c(C(=O)N3CCC(c4cc(F)cc(F)c4C(F)(F)F)CC3)n[nH]c2C1.CC(=O)N1CCc2c(C(=O)N3CCC(c4cccc(F)c4Cl)CC3)n[nH]c2C1.CS(=O)(=O)N1CCc2[nH]nc(C(=O)N3CCC(c4cc(F)ccc4C(F)(F)F)CC3)c2C1.CS(=O)(=O)N1CCc2[nH]nc(C(=O)N3CCC(c4cc(F)ccc4Cl)CC3)c2C1.O=C(c1n[nH]c2c1CCN(CC1CC1)C2)N1CCC(c2cccc(F)c2Cl)CC1. The minimum absolute atomic E-state index is 0.0157. The van der Waals surface area contributed by atoms with E-state index in [-0.39, 0.29) is 169 Å². The van der Waals surface area contributed by atoms with Gasteiger partial charge in [-0.1, -0.05) is 59.1 Å². The number of hydrogen-bond acceptors (Lipinski definition) is 17. The second-order valence-electron chi connectivity index (χ2n) is 40.0. The van der Waals surface area contributed by atoms with Crippen LogP contribution >= 0.6 is 34.8 Å². The van der Waals surface area contributed by atoms with E-state index in [1.165, 1.54) is 68.7 Å². The molecule has 21 rings (SSSR count). The average molecular weight is 2190 g/mol. The Balaban J connectivity index is 0.000000128. The molecule has 0 radical (unpaired) electrons. The zero-order chi connectivity index (χ0) is 107. The van der Waals surface area contributed by atoms with E-state index in [2.05, 4.69) is 55.9 Å². The highest BCUT2D eigenvalue weighted by Crippen LogP contribution is 2.46. The molecule has 48 heteroatoms. The van der Waals surface area contributed by atoms with Crippen LogP contribution in [0.25, 0.3) is 0 Å². The van der Waals surface area contributed by atoms with E-state index in [1.807, 2.05) is 17.0 Å². The molecule has 10 aromatic rings. The average Bonchev–Trinajstić information content (AvgIpc) is 1.28. The van der Waals surface area contributed by atoms with Crippen molar-refractivity contribution >= 4 is 96.2 Å². The summed E-state index contributed by atoms with van der Waals surface area (Å²) in [5.41, 5.74) is 9.43. The van der Waals surface area contributed by atoms with Gasteiger partial charge in [0, 0.05) is 201 Å². The van der Waals surface area contributed by atoms with E-state index < -0.39 is 90.1 Å². The van der Waals surface area contributed by atoms with Gasteiger partial charge in [0.15, 0.2) is 28.5 Å². The lowest BCUT2D eigenvalue weighted by atomic mass is 9.85. The van der Waals surface area contributed by atoms with Gasteiger partial charge in [0.2, 0.25) is 31.9 Å². The van der Waals surface area contributed by atoms with Gasteiger partial charge in [-0.2, -0.15) is 60.4 Å². The number of benzene rings is 5. The number of aromatic nitrogens is 10. The first-order valence-corrected chi connectivity index (χ1v) is 54.8. The number of amides is 7. The third-order valence-corrected chi connectivity index (χ3v) is 34.1. The predicted molar refractivity (Wildman–Crippen MR) is 529 cm³/mol. The summed E-state index contributed by atoms with van der Waals surface area (Å²) >= 11 is 18.5. The fourth-order valence-electron chi connectivity index (χ4n) is 21.9. The molecule has 0 bridgehead atoms. The van der Waals surface area contributed by atoms with Crippen molar-refractivity contribution in [3.63, 3.8) is 0 Å². The number of carbonyl (C=O) groups is 7. The Morgan fingerprint density at radius 3 is 1.04 bits per heavy atom. The zero-order valence-electron chi connectivity index (χ0n) is 82.6. The lowest BCUT2D eigenvalue weighted by Gasteiger charge is -2.33. The molecular weight excluding hydrogens is 2080 g/mol. The minimum Gasteiger partial charge on any atom is -0.337 e. The van der Waals surface area contributed by atoms with Crippen LogP contribution < -0.4 is 0 Å². The van der Waals surface area contributed by atoms with Gasteiger partial charge in [-0.25, -0.2) is 43.2 Å². The Morgan fingerprint density at radius 1 is 0.340 bits per heavy atom. The fraction of sp³-hybridized carbons (Fsp3) is 0.490. The maximum absolute atomic E-state index is 13.9. The Kier molecular flexibility index (Phi) is 33.3. The smallest absolute Gasteiger partial charge is 0.337 e. The van der Waals surface area contributed by atoms with E-state index in [4.69, 9.17) is 34.8 Å². The van der Waals surface area contributed by atoms with Gasteiger partial charge in [0.1, 0.15) is 34.9 Å². The Morgan fingerprint density at radius 2 is 0.673 bits per heavy atom. The molecule has 15 heterocycles. The summed E-state index contributed by atoms with van der Waals surface area (Å²) < 4.78 is 213. The van der Waals surface area contributed by atoms with Crippen LogP contribution in [0.1, 0.15) is 268 Å². The van der Waals surface area contributed by atoms with Gasteiger partial charge in [0.05, 0.1) is 63.9 Å². The summed E-state index contributed by atoms with van der Waals surface area (Å²) in [6.45, 7) is 12.9. The summed E-state index contributed by atoms with van der Waals surface area (Å²) in [5.74, 6) is -5.56. The summed E-state index contributed by atoms with van der Waals surface area (Å²) in [4.78, 5) is 103. The largest absolute Gasteiger partial charge is 0.419 e. The number of carbonyl (C=O) groups excluding carboxylic acids is 7. The monoisotopic (exact) mass is 2190 g/mol. The standard InChI is InChI=1S/C22H26ClFN4O.C21H21F5N4O2.C20H22ClFN4O2.C20H22F4N4O3S.C19H22ClFN4O3S/c23-20-16(2-1-3-18(20)24)15-6-10-28(11-7-15)22(29)21-17-8-9-27(12-14-4-5-14)13-19(17)25-26-21;1-11(31)30-7-4-14-17(10-30)27-28-19(14)20(32)29-5-2-12(3-6-29)15-8-13(22)9-16(23)18(15)21(24,25)26;1-12(27)26-10-7-15-17(11-26)23-24-19(15)20(28)25-8-5-13(6-9-25)14-3-2-4-16(22)18(14)21;1-32(30,31)28-9-6-17-15(11-28)18(26-25-17)19(29)27-7-4-12(5-8-27)14-10-13(21)2-3-16(14)20(22,23)24;1-29(27,28)25-9-6-17-15(11-25)18(23-22-17)19(26)24-7-4-12(5-8-24)14-10-13(21)2-3-16(14)20/h1-3,14-15H,4-13H2,(H,25,26);8-9,12H,2-7,10H2,1H3,(H,27,28);2-4,13H,5-11H2,1H3,(H,23,24);2-3,10,12H,4-9,11H2,1H3,(H,25,26);2-3,10,12H,4-9,11H2,1H3,(H,22,23). The third-order valence-electron chi connectivity index (χ3n) is 30.5. The topological polar surface area (TPSA) is 364 Å². The Hall–Kier alpha value is -11.8. The van der Waals surface area contributed by atoms with Crippen LogP contribution in [-0.4, -0.2) is 274 Å². The van der Waals surface area contributed by atoms with Crippen molar-refractivity contribution in [3.8, 4) is 0 Å². The van der Waals surface area contributed by atoms with Gasteiger partial charge in [-0.15, -0.1) is 0 Å². The zero-order valence-corrected chi connectivity index (χ0v) is 86.5. The molecule has 1 saturated carbocycles. The van der Waals surface area contributed by atoms with Gasteiger partial charge in [-0.3, -0.25) is 64.0 Å². The van der Waals surface area contributed by atoms with Crippen LogP contribution in [0.5, 0.6) is 0 Å². The molecule has 0 unspecified atom stereocenters. The Labute approximate surface area is 872 Å². The predicted octanol–water partition coefficient (Wildman–Crippen LogP) is 16.2. The van der Waals surface area contributed by atoms with Crippen LogP contribution in [0, 0.1) is 40.8 Å². The number of alkyl halides is 6. The molecule has 10 aliphatic heterocycles. The number of sulfonamides is 2. The molecule has 5 aromatic carbocycles. The highest BCUT2D eigenvalue weighted by Gasteiger charge is 2.45. The van der Waals surface area contributed by atoms with Gasteiger partial charge < -0.3 is 34.3 Å². The molecule has 6 fully saturated rings. The number of H-pyrrole nitrogens is 5. The summed E-state index contributed by atoms with van der Waals surface area (Å²) in [6, 6.07) is 17.7. The van der Waals surface area contributed by atoms with Gasteiger partial charge in [0.25, 0.3) is 29.5 Å². The lowest BCUT2D eigenvalue weighted by Crippen LogP contribution is -2.40. The molecule has 5 aromatic heterocycles. The number of nitrogens with one attached hydrogen (secondary N) is 5. The molecular formula is C102H113Cl3F12N20O11S2. The van der Waals surface area contributed by atoms with Crippen molar-refractivity contribution in [2.75, 3.05) is 117 Å². The van der Waals surface area contributed by atoms with E-state index in [0.29, 0.717) is 156 Å². The van der Waals surface area contributed by atoms with Crippen molar-refractivity contribution < 1.29 is 103 Å². The molecule has 804 valence electrons. The lowest BCUT2D eigenvalue weighted by molar-refractivity contribution is -0.141. The number of hydrogen-bond donors (Lipinski definition) is 5. The maximum Gasteiger partial charge on any atom is 0.419 e. The molecule has 1 aliphatic carbocycles. The van der Waals surface area contributed by atoms with E-state index in [0.717, 1.165) is 139 Å². The van der Waals surface area contributed by atoms with E-state index in [9.17, 15) is 103 Å². The molecule has 0 spiro atoms. The first-order valence-electron chi connectivity index (χ1n) is 50.0. The van der Waals surface area contributed by atoms with Crippen LogP contribution in [0.4, 0.5) is 52.7 Å². The molecule has 5 N–H and O–H groups in total. The maximum atomic E-state index is 13.9. The number of nitrogens with zero attached hydrogens (tertiary/aromatic N) is 15. The van der Waals surface area contributed by atoms with E-state index in [1.54, 1.807) is 44.7 Å². The normalized spacial score (nSPS) is 18.6. The van der Waals surface area contributed by atoms with Gasteiger partial charge in [-0.05, 0) is 214 Å². The highest BCUT2D eigenvalue weighted by atomic mass is 35.5. The van der Waals surface area contributed by atoms with Crippen molar-refractivity contribution in [1.29, 1.82) is 0 Å². The van der Waals surface area contributed by atoms with E-state index >= 15 is 0 Å². The first kappa shape index (κ1) is 109. The molecule has 7 amide bonds. The highest BCUT2D eigenvalue weighted by molar-refractivity contribution is 7.88. The van der Waals surface area contributed by atoms with Crippen LogP contribution in [0.2, 0.25) is 15.1 Å². The van der Waals surface area contributed by atoms with Gasteiger partial charge >= 0.3 is 12.4 Å². The molecule has 0 atom stereocenters. The summed E-state index contributed by atoms with van der Waals surface area (Å²) in [6.07, 6.45) is 3.53. The number of piperidine rings is 5. The van der Waals surface area contributed by atoms with Crippen molar-refractivity contribution in [1.82, 2.24) is 98.8 Å². The Bertz CT molecular complexity index is 6980. The molecule has 5 saturated heterocycles. The first-order chi connectivity index (χ1) is 71.3. The molecule has 11 aliphatic rings. The number of likely N-dealkylation sites (tertiary alicyclic amines) is 5. The van der Waals surface area contributed by atoms with Crippen molar-refractivity contribution in [3.05, 3.63) is 259 Å². The number of rotatable bonds is 14. The number of fused-ring (bicyclic) bond motifs is 5. The summed E-state index contributed by atoms with van der Waals surface area (Å²) in [7, 11) is -6.76. The van der Waals surface area contributed by atoms with Crippen LogP contribution in [-0.2, 0) is 107 Å². The third kappa shape index (κ3) is 24.8. The van der Waals surface area contributed by atoms with Crippen molar-refractivity contribution in [2.45, 2.75) is 198 Å².